The topological polar surface area (TPSA) is 122 Å². The number of carbonyl (C=O) groups is 1. The monoisotopic (exact) mass is 395 g/mol. The van der Waals surface area contributed by atoms with Crippen molar-refractivity contribution >= 4 is 29.0 Å². The molecule has 1 amide bonds. The number of aromatic nitrogens is 3. The maximum Gasteiger partial charge on any atom is 0.278 e. The number of nitriles is 1. The third-order valence-electron chi connectivity index (χ3n) is 4.51. The van der Waals surface area contributed by atoms with Crippen LogP contribution >= 0.6 is 11.5 Å². The van der Waals surface area contributed by atoms with Crippen LogP contribution in [0.25, 0.3) is 0 Å². The summed E-state index contributed by atoms with van der Waals surface area (Å²) in [6.45, 7) is 2.28. The van der Waals surface area contributed by atoms with Gasteiger partial charge in [-0.25, -0.2) is 9.37 Å². The van der Waals surface area contributed by atoms with Crippen molar-refractivity contribution in [1.82, 2.24) is 13.9 Å². The Labute approximate surface area is 163 Å². The molecule has 0 saturated carbocycles. The lowest BCUT2D eigenvalue weighted by atomic mass is 9.87. The number of anilines is 1. The van der Waals surface area contributed by atoms with Gasteiger partial charge in [0.2, 0.25) is 0 Å². The molecule has 1 unspecified atom stereocenters. The first-order chi connectivity index (χ1) is 13.4. The molecule has 3 aromatic rings. The Hall–Kier alpha value is -3.58. The predicted octanol–water partition coefficient (Wildman–Crippen LogP) is 2.24. The molecule has 1 atom stereocenters. The summed E-state index contributed by atoms with van der Waals surface area (Å²) >= 11 is 0.862. The molecular weight excluding hydrogens is 381 g/mol. The zero-order valence-corrected chi connectivity index (χ0v) is 15.5. The number of amides is 1. The van der Waals surface area contributed by atoms with Gasteiger partial charge < -0.3 is 15.6 Å². The van der Waals surface area contributed by atoms with E-state index in [0.29, 0.717) is 29.2 Å². The van der Waals surface area contributed by atoms with Crippen molar-refractivity contribution in [1.29, 1.82) is 5.26 Å². The summed E-state index contributed by atoms with van der Waals surface area (Å²) < 4.78 is 19.2. The summed E-state index contributed by atoms with van der Waals surface area (Å²) in [4.78, 5) is 21.0. The number of aliphatic imine (C=N–C) groups is 1. The van der Waals surface area contributed by atoms with E-state index in [0.717, 1.165) is 16.9 Å². The first kappa shape index (κ1) is 17.8. The van der Waals surface area contributed by atoms with E-state index in [2.05, 4.69) is 25.7 Å². The van der Waals surface area contributed by atoms with Crippen LogP contribution in [0.1, 0.15) is 34.4 Å². The van der Waals surface area contributed by atoms with Crippen LogP contribution < -0.4 is 11.1 Å². The molecule has 4 rings (SSSR count). The number of carbonyl (C=O) groups excluding carboxylic acids is 1. The fraction of sp³-hybridized carbons (Fsp3) is 0.167. The highest BCUT2D eigenvalue weighted by Gasteiger charge is 2.34. The van der Waals surface area contributed by atoms with Gasteiger partial charge in [0.05, 0.1) is 18.2 Å². The maximum atomic E-state index is 13.6. The fourth-order valence-corrected chi connectivity index (χ4v) is 3.76. The normalized spacial score (nSPS) is 18.1. The van der Waals surface area contributed by atoms with Gasteiger partial charge in [-0.3, -0.25) is 9.79 Å². The van der Waals surface area contributed by atoms with Gasteiger partial charge in [-0.2, -0.15) is 9.64 Å². The molecule has 8 nitrogen and oxygen atoms in total. The number of imidazole rings is 1. The molecule has 0 saturated heterocycles. The number of amidine groups is 1. The van der Waals surface area contributed by atoms with Crippen LogP contribution in [0.2, 0.25) is 0 Å². The largest absolute Gasteiger partial charge is 0.381 e. The number of benzene rings is 1. The van der Waals surface area contributed by atoms with E-state index in [-0.39, 0.29) is 11.5 Å². The number of hydrogen-bond acceptors (Lipinski definition) is 7. The van der Waals surface area contributed by atoms with E-state index in [1.807, 2.05) is 11.5 Å². The maximum absolute atomic E-state index is 13.6. The minimum atomic E-state index is -0.838. The molecule has 1 aliphatic heterocycles. The average Bonchev–Trinajstić information content (AvgIpc) is 3.30. The number of rotatable bonds is 3. The Kier molecular flexibility index (Phi) is 4.16. The van der Waals surface area contributed by atoms with Gasteiger partial charge in [0, 0.05) is 29.0 Å². The first-order valence-corrected chi connectivity index (χ1v) is 9.07. The average molecular weight is 395 g/mol. The van der Waals surface area contributed by atoms with Crippen LogP contribution in [0, 0.1) is 17.1 Å². The number of halogens is 1. The predicted molar refractivity (Wildman–Crippen MR) is 101 cm³/mol. The minimum Gasteiger partial charge on any atom is -0.381 e. The molecule has 0 radical (unpaired) electrons. The van der Waals surface area contributed by atoms with E-state index in [1.54, 1.807) is 30.6 Å². The number of nitrogens with two attached hydrogens (primary N) is 1. The van der Waals surface area contributed by atoms with Gasteiger partial charge >= 0.3 is 0 Å². The number of fused-ring (bicyclic) bond motifs is 1. The molecule has 3 N–H and O–H groups in total. The van der Waals surface area contributed by atoms with Crippen LogP contribution in [0.15, 0.2) is 41.0 Å². The summed E-state index contributed by atoms with van der Waals surface area (Å²) in [5, 5.41) is 13.3. The van der Waals surface area contributed by atoms with Gasteiger partial charge in [0.25, 0.3) is 5.91 Å². The number of nitrogens with zero attached hydrogens (tertiary/aromatic N) is 5. The van der Waals surface area contributed by atoms with E-state index >= 15 is 0 Å². The van der Waals surface area contributed by atoms with Gasteiger partial charge in [-0.05, 0) is 36.7 Å². The lowest BCUT2D eigenvalue weighted by Crippen LogP contribution is -2.37. The number of nitrogens with one attached hydrogen (secondary N) is 1. The van der Waals surface area contributed by atoms with Crippen molar-refractivity contribution < 1.29 is 9.18 Å². The first-order valence-electron chi connectivity index (χ1n) is 8.24. The van der Waals surface area contributed by atoms with Crippen LogP contribution in [0.4, 0.5) is 10.1 Å². The zero-order valence-electron chi connectivity index (χ0n) is 14.7. The Bertz CT molecular complexity index is 1160. The van der Waals surface area contributed by atoms with Crippen LogP contribution in [-0.4, -0.2) is 25.7 Å². The van der Waals surface area contributed by atoms with Crippen molar-refractivity contribution in [3.63, 3.8) is 0 Å². The smallest absolute Gasteiger partial charge is 0.278 e. The van der Waals surface area contributed by atoms with E-state index < -0.39 is 17.3 Å². The van der Waals surface area contributed by atoms with Gasteiger partial charge in [0.15, 0.2) is 23.2 Å². The van der Waals surface area contributed by atoms with Crippen molar-refractivity contribution in [2.24, 2.45) is 10.7 Å². The Balaban J connectivity index is 1.72. The lowest BCUT2D eigenvalue weighted by Gasteiger charge is -2.32. The Morgan fingerprint density at radius 3 is 3.04 bits per heavy atom. The van der Waals surface area contributed by atoms with Gasteiger partial charge in [-0.1, -0.05) is 0 Å². The molecule has 0 aliphatic carbocycles. The molecule has 28 heavy (non-hydrogen) atoms. The molecule has 0 spiro atoms. The second-order valence-corrected chi connectivity index (χ2v) is 7.12. The second kappa shape index (κ2) is 6.54. The van der Waals surface area contributed by atoms with Crippen LogP contribution in [0.3, 0.4) is 0 Å². The molecule has 140 valence electrons. The Morgan fingerprint density at radius 1 is 1.50 bits per heavy atom. The third kappa shape index (κ3) is 2.91. The summed E-state index contributed by atoms with van der Waals surface area (Å²) in [5.74, 6) is -0.509. The van der Waals surface area contributed by atoms with E-state index in [4.69, 9.17) is 5.73 Å². The second-order valence-electron chi connectivity index (χ2n) is 6.49. The standard InChI is InChI=1S/C18H14FN7OS/c1-18(9-26-5-4-22-16(26)15(21)24-18)12-6-11(3-2-10(12)7-20)23-17(27)14-13(19)8-28-25-14/h2-6,8H,9H2,1H3,(H2,21,24)(H,23,27). The summed E-state index contributed by atoms with van der Waals surface area (Å²) in [5.41, 5.74) is 6.34. The molecule has 1 aromatic carbocycles. The SMILES string of the molecule is CC1(c2cc(NC(=O)c3nscc3F)ccc2C#N)Cn2ccnc2C(N)=N1. The summed E-state index contributed by atoms with van der Waals surface area (Å²) in [6.07, 6.45) is 3.42. The van der Waals surface area contributed by atoms with Crippen molar-refractivity contribution in [3.05, 3.63) is 64.4 Å². The van der Waals surface area contributed by atoms with E-state index in [1.165, 1.54) is 0 Å². The highest BCUT2D eigenvalue weighted by Crippen LogP contribution is 2.35. The minimum absolute atomic E-state index is 0.265. The Morgan fingerprint density at radius 2 is 2.32 bits per heavy atom. The summed E-state index contributed by atoms with van der Waals surface area (Å²) in [7, 11) is 0. The summed E-state index contributed by atoms with van der Waals surface area (Å²) in [6, 6.07) is 6.96. The lowest BCUT2D eigenvalue weighted by molar-refractivity contribution is 0.101. The van der Waals surface area contributed by atoms with Gasteiger partial charge in [-0.15, -0.1) is 0 Å². The fourth-order valence-electron chi connectivity index (χ4n) is 3.23. The molecule has 10 heteroatoms. The zero-order chi connectivity index (χ0) is 19.9. The molecule has 3 heterocycles. The molecule has 1 aliphatic rings. The number of hydrogen-bond donors (Lipinski definition) is 2. The molecule has 0 bridgehead atoms. The highest BCUT2D eigenvalue weighted by atomic mass is 32.1. The van der Waals surface area contributed by atoms with Crippen LogP contribution in [0.5, 0.6) is 0 Å². The molecule has 0 fully saturated rings. The van der Waals surface area contributed by atoms with Crippen molar-refractivity contribution in [3.8, 4) is 6.07 Å². The quantitative estimate of drug-likeness (QED) is 0.704. The third-order valence-corrected chi connectivity index (χ3v) is 5.11. The highest BCUT2D eigenvalue weighted by molar-refractivity contribution is 7.03. The van der Waals surface area contributed by atoms with Crippen molar-refractivity contribution in [2.75, 3.05) is 5.32 Å². The molecule has 2 aromatic heterocycles. The van der Waals surface area contributed by atoms with E-state index in [9.17, 15) is 14.4 Å². The van der Waals surface area contributed by atoms with Crippen molar-refractivity contribution in [2.45, 2.75) is 19.0 Å². The van der Waals surface area contributed by atoms with Crippen LogP contribution in [-0.2, 0) is 12.1 Å². The van der Waals surface area contributed by atoms with Gasteiger partial charge in [0.1, 0.15) is 5.54 Å². The molecular formula is C18H14FN7OS.